The van der Waals surface area contributed by atoms with E-state index in [0.717, 1.165) is 31.3 Å². The topological polar surface area (TPSA) is 112 Å². The van der Waals surface area contributed by atoms with Crippen LogP contribution in [0.5, 0.6) is 0 Å². The average molecular weight is 405 g/mol. The minimum atomic E-state index is -0.994. The Morgan fingerprint density at radius 3 is 2.52 bits per heavy atom. The summed E-state index contributed by atoms with van der Waals surface area (Å²) in [5.41, 5.74) is 0.556. The van der Waals surface area contributed by atoms with Gasteiger partial charge >= 0.3 is 11.9 Å². The van der Waals surface area contributed by atoms with Crippen molar-refractivity contribution in [2.24, 2.45) is 40.4 Å². The van der Waals surface area contributed by atoms with E-state index in [1.165, 1.54) is 6.08 Å². The summed E-state index contributed by atoms with van der Waals surface area (Å²) in [7, 11) is 0. The van der Waals surface area contributed by atoms with Crippen molar-refractivity contribution in [2.75, 3.05) is 0 Å². The second-order valence-corrected chi connectivity index (χ2v) is 10.4. The molecule has 3 fully saturated rings. The second kappa shape index (κ2) is 6.93. The zero-order chi connectivity index (χ0) is 21.1. The van der Waals surface area contributed by atoms with Crippen molar-refractivity contribution in [3.8, 4) is 0 Å². The fraction of sp³-hybridized carbons (Fsp3) is 0.783. The van der Waals surface area contributed by atoms with Gasteiger partial charge in [-0.15, -0.1) is 0 Å². The second-order valence-electron chi connectivity index (χ2n) is 10.4. The lowest BCUT2D eigenvalue weighted by Crippen LogP contribution is -2.56. The Kier molecular flexibility index (Phi) is 4.92. The standard InChI is InChI=1S/C23H32O6/c1-22-8-7-16-20(15(22)5-3-12(22)4-6-19(26)27)14(21(28)29)9-13-10-17(24)18(25)11-23(13,16)2/h10,12,14-16,18,20,25H,3-9,11H2,1-2H3,(H,26,27)(H,28,29)/t12-,14-,15+,16+,18?,20+,22-,23+/m1/s1. The van der Waals surface area contributed by atoms with Crippen LogP contribution in [-0.2, 0) is 14.4 Å². The molecule has 0 aromatic heterocycles. The number of aliphatic hydroxyl groups excluding tert-OH is 1. The van der Waals surface area contributed by atoms with Crippen LogP contribution in [0.4, 0.5) is 0 Å². The molecule has 0 spiro atoms. The summed E-state index contributed by atoms with van der Waals surface area (Å²) in [6.07, 6.45) is 5.88. The molecule has 8 atom stereocenters. The largest absolute Gasteiger partial charge is 0.481 e. The molecule has 6 heteroatoms. The minimum absolute atomic E-state index is 0.0173. The van der Waals surface area contributed by atoms with Crippen LogP contribution < -0.4 is 0 Å². The molecule has 0 aromatic carbocycles. The van der Waals surface area contributed by atoms with Crippen LogP contribution in [-0.4, -0.2) is 39.1 Å². The Balaban J connectivity index is 1.70. The number of carbonyl (C=O) groups is 3. The third-order valence-electron chi connectivity index (χ3n) is 9.27. The average Bonchev–Trinajstić information content (AvgIpc) is 2.97. The van der Waals surface area contributed by atoms with Crippen molar-refractivity contribution in [1.82, 2.24) is 0 Å². The Morgan fingerprint density at radius 2 is 1.86 bits per heavy atom. The van der Waals surface area contributed by atoms with Crippen molar-refractivity contribution in [3.63, 3.8) is 0 Å². The third-order valence-corrected chi connectivity index (χ3v) is 9.27. The zero-order valence-corrected chi connectivity index (χ0v) is 17.3. The van der Waals surface area contributed by atoms with Gasteiger partial charge in [0.15, 0.2) is 5.78 Å². The normalized spacial score (nSPS) is 46.3. The Hall–Kier alpha value is -1.69. The van der Waals surface area contributed by atoms with Crippen LogP contribution in [0, 0.1) is 40.4 Å². The number of carboxylic acid groups (broad SMARTS) is 2. The predicted molar refractivity (Wildman–Crippen MR) is 105 cm³/mol. The van der Waals surface area contributed by atoms with Gasteiger partial charge in [0.1, 0.15) is 6.10 Å². The number of rotatable bonds is 4. The molecule has 4 aliphatic rings. The van der Waals surface area contributed by atoms with Gasteiger partial charge in [-0.25, -0.2) is 0 Å². The first-order valence-corrected chi connectivity index (χ1v) is 11.0. The van der Waals surface area contributed by atoms with Gasteiger partial charge in [0.2, 0.25) is 0 Å². The van der Waals surface area contributed by atoms with Gasteiger partial charge in [0.25, 0.3) is 0 Å². The van der Waals surface area contributed by atoms with Gasteiger partial charge in [-0.2, -0.15) is 0 Å². The van der Waals surface area contributed by atoms with Crippen molar-refractivity contribution in [1.29, 1.82) is 0 Å². The number of hydrogen-bond acceptors (Lipinski definition) is 4. The van der Waals surface area contributed by atoms with Crippen molar-refractivity contribution in [3.05, 3.63) is 11.6 Å². The Bertz CT molecular complexity index is 771. The van der Waals surface area contributed by atoms with Crippen molar-refractivity contribution in [2.45, 2.75) is 71.3 Å². The highest BCUT2D eigenvalue weighted by atomic mass is 16.4. The molecule has 0 saturated heterocycles. The molecule has 0 aromatic rings. The van der Waals surface area contributed by atoms with Crippen LogP contribution in [0.1, 0.15) is 65.2 Å². The molecule has 0 radical (unpaired) electrons. The third kappa shape index (κ3) is 3.06. The maximum atomic E-state index is 12.3. The summed E-state index contributed by atoms with van der Waals surface area (Å²) in [4.78, 5) is 35.5. The van der Waals surface area contributed by atoms with Gasteiger partial charge in [-0.1, -0.05) is 19.4 Å². The van der Waals surface area contributed by atoms with E-state index in [9.17, 15) is 24.6 Å². The van der Waals surface area contributed by atoms with Crippen LogP contribution >= 0.6 is 0 Å². The minimum Gasteiger partial charge on any atom is -0.481 e. The van der Waals surface area contributed by atoms with E-state index in [4.69, 9.17) is 5.11 Å². The smallest absolute Gasteiger partial charge is 0.307 e. The SMILES string of the molecule is C[C@]12CC[C@H]3[C@@H]([C@H](C(=O)O)CC4=CC(=O)C(O)C[C@@]43C)[C@@H]1CC[C@@H]2CCC(=O)O. The number of fused-ring (bicyclic) bond motifs is 5. The Morgan fingerprint density at radius 1 is 1.14 bits per heavy atom. The van der Waals surface area contributed by atoms with E-state index in [1.54, 1.807) is 0 Å². The molecule has 1 unspecified atom stereocenters. The molecule has 0 bridgehead atoms. The number of carboxylic acids is 2. The van der Waals surface area contributed by atoms with E-state index in [0.29, 0.717) is 25.2 Å². The van der Waals surface area contributed by atoms with Gasteiger partial charge in [-0.05, 0) is 85.5 Å². The van der Waals surface area contributed by atoms with Crippen molar-refractivity contribution >= 4 is 17.7 Å². The zero-order valence-electron chi connectivity index (χ0n) is 17.3. The van der Waals surface area contributed by atoms with Crippen molar-refractivity contribution < 1.29 is 29.7 Å². The van der Waals surface area contributed by atoms with E-state index < -0.39 is 24.0 Å². The van der Waals surface area contributed by atoms with Gasteiger partial charge in [0, 0.05) is 6.42 Å². The molecule has 6 nitrogen and oxygen atoms in total. The summed E-state index contributed by atoms with van der Waals surface area (Å²) in [5.74, 6) is -1.63. The molecule has 3 saturated carbocycles. The highest BCUT2D eigenvalue weighted by Crippen LogP contribution is 2.68. The first kappa shape index (κ1) is 20.6. The van der Waals surface area contributed by atoms with Gasteiger partial charge < -0.3 is 15.3 Å². The molecular weight excluding hydrogens is 372 g/mol. The maximum absolute atomic E-state index is 12.3. The van der Waals surface area contributed by atoms with E-state index >= 15 is 0 Å². The summed E-state index contributed by atoms with van der Waals surface area (Å²) >= 11 is 0. The summed E-state index contributed by atoms with van der Waals surface area (Å²) in [5, 5.41) is 29.5. The van der Waals surface area contributed by atoms with Crippen LogP contribution in [0.2, 0.25) is 0 Å². The lowest BCUT2D eigenvalue weighted by Gasteiger charge is -2.60. The van der Waals surface area contributed by atoms with E-state index in [-0.39, 0.29) is 40.8 Å². The Labute approximate surface area is 171 Å². The molecule has 4 rings (SSSR count). The number of carbonyl (C=O) groups excluding carboxylic acids is 1. The first-order valence-electron chi connectivity index (χ1n) is 11.0. The summed E-state index contributed by atoms with van der Waals surface area (Å²) in [6, 6.07) is 0. The highest BCUT2D eigenvalue weighted by Gasteiger charge is 2.62. The molecule has 29 heavy (non-hydrogen) atoms. The highest BCUT2D eigenvalue weighted by molar-refractivity contribution is 5.95. The van der Waals surface area contributed by atoms with Crippen LogP contribution in [0.3, 0.4) is 0 Å². The fourth-order valence-electron chi connectivity index (χ4n) is 7.75. The van der Waals surface area contributed by atoms with Gasteiger partial charge in [0.05, 0.1) is 5.92 Å². The number of allylic oxidation sites excluding steroid dienone is 1. The number of ketones is 1. The van der Waals surface area contributed by atoms with E-state index in [1.807, 2.05) is 0 Å². The lowest BCUT2D eigenvalue weighted by atomic mass is 9.44. The predicted octanol–water partition coefficient (Wildman–Crippen LogP) is 3.28. The van der Waals surface area contributed by atoms with E-state index in [2.05, 4.69) is 13.8 Å². The maximum Gasteiger partial charge on any atom is 0.307 e. The molecule has 0 heterocycles. The number of aliphatic hydroxyl groups is 1. The fourth-order valence-corrected chi connectivity index (χ4v) is 7.75. The number of aliphatic carboxylic acids is 2. The molecule has 3 N–H and O–H groups in total. The quantitative estimate of drug-likeness (QED) is 0.663. The molecule has 4 aliphatic carbocycles. The lowest BCUT2D eigenvalue weighted by molar-refractivity contribution is -0.157. The molecular formula is C23H32O6. The van der Waals surface area contributed by atoms with Crippen LogP contribution in [0.15, 0.2) is 11.6 Å². The monoisotopic (exact) mass is 404 g/mol. The number of hydrogen-bond donors (Lipinski definition) is 3. The van der Waals surface area contributed by atoms with Crippen LogP contribution in [0.25, 0.3) is 0 Å². The molecule has 0 aliphatic heterocycles. The summed E-state index contributed by atoms with van der Waals surface area (Å²) < 4.78 is 0. The first-order chi connectivity index (χ1) is 13.6. The molecule has 160 valence electrons. The summed E-state index contributed by atoms with van der Waals surface area (Å²) in [6.45, 7) is 4.36. The van der Waals surface area contributed by atoms with Gasteiger partial charge in [-0.3, -0.25) is 14.4 Å². The molecule has 0 amide bonds.